The summed E-state index contributed by atoms with van der Waals surface area (Å²) in [6, 6.07) is 7.05. The third-order valence-corrected chi connectivity index (χ3v) is 4.80. The quantitative estimate of drug-likeness (QED) is 0.622. The van der Waals surface area contributed by atoms with E-state index < -0.39 is 0 Å². The zero-order valence-corrected chi connectivity index (χ0v) is 15.0. The Morgan fingerprint density at radius 1 is 1.28 bits per heavy atom. The van der Waals surface area contributed by atoms with Gasteiger partial charge in [0, 0.05) is 25.6 Å². The zero-order valence-electron chi connectivity index (χ0n) is 15.0. The minimum absolute atomic E-state index is 0.122. The molecule has 7 heteroatoms. The molecular formula is C18H25FN6. The second-order valence-corrected chi connectivity index (χ2v) is 6.53. The summed E-state index contributed by atoms with van der Waals surface area (Å²) in [5.41, 5.74) is 0.672. The second kappa shape index (κ2) is 7.21. The van der Waals surface area contributed by atoms with Gasteiger partial charge in [0.25, 0.3) is 0 Å². The van der Waals surface area contributed by atoms with E-state index in [0.717, 1.165) is 36.6 Å². The van der Waals surface area contributed by atoms with Gasteiger partial charge in [-0.2, -0.15) is 0 Å². The predicted molar refractivity (Wildman–Crippen MR) is 95.9 cm³/mol. The van der Waals surface area contributed by atoms with Crippen molar-refractivity contribution in [3.8, 4) is 0 Å². The van der Waals surface area contributed by atoms with Gasteiger partial charge in [-0.1, -0.05) is 18.2 Å². The van der Waals surface area contributed by atoms with Gasteiger partial charge < -0.3 is 15.2 Å². The van der Waals surface area contributed by atoms with E-state index in [1.807, 2.05) is 37.6 Å². The van der Waals surface area contributed by atoms with Crippen molar-refractivity contribution in [1.82, 2.24) is 25.4 Å². The SMILES string of the molecule is CCNC(=NCc1nnc(C)n1C)NCC1(c2ccccc2F)CC1. The molecule has 2 aromatic rings. The number of aliphatic imine (C=N–C) groups is 1. The maximum absolute atomic E-state index is 14.1. The monoisotopic (exact) mass is 344 g/mol. The number of nitrogens with one attached hydrogen (secondary N) is 2. The number of rotatable bonds is 6. The van der Waals surface area contributed by atoms with Crippen molar-refractivity contribution < 1.29 is 4.39 Å². The molecule has 3 rings (SSSR count). The third kappa shape index (κ3) is 3.81. The molecule has 1 saturated carbocycles. The number of aromatic nitrogens is 3. The van der Waals surface area contributed by atoms with Crippen LogP contribution in [0.4, 0.5) is 4.39 Å². The first-order valence-electron chi connectivity index (χ1n) is 8.68. The highest BCUT2D eigenvalue weighted by atomic mass is 19.1. The molecule has 1 aliphatic carbocycles. The van der Waals surface area contributed by atoms with Crippen molar-refractivity contribution in [3.63, 3.8) is 0 Å². The topological polar surface area (TPSA) is 67.1 Å². The summed E-state index contributed by atoms with van der Waals surface area (Å²) in [6.07, 6.45) is 1.98. The van der Waals surface area contributed by atoms with E-state index in [2.05, 4.69) is 25.8 Å². The van der Waals surface area contributed by atoms with Crippen molar-refractivity contribution in [2.75, 3.05) is 13.1 Å². The summed E-state index contributed by atoms with van der Waals surface area (Å²) < 4.78 is 16.0. The lowest BCUT2D eigenvalue weighted by Crippen LogP contribution is -2.41. The molecule has 0 bridgehead atoms. The molecule has 6 nitrogen and oxygen atoms in total. The Labute approximate surface area is 147 Å². The smallest absolute Gasteiger partial charge is 0.191 e. The first-order chi connectivity index (χ1) is 12.1. The van der Waals surface area contributed by atoms with Crippen LogP contribution >= 0.6 is 0 Å². The number of hydrogen-bond donors (Lipinski definition) is 2. The highest BCUT2D eigenvalue weighted by molar-refractivity contribution is 5.79. The van der Waals surface area contributed by atoms with E-state index in [0.29, 0.717) is 19.0 Å². The zero-order chi connectivity index (χ0) is 17.9. The molecule has 0 aliphatic heterocycles. The van der Waals surface area contributed by atoms with Crippen LogP contribution in [0, 0.1) is 12.7 Å². The van der Waals surface area contributed by atoms with Crippen molar-refractivity contribution in [2.24, 2.45) is 12.0 Å². The summed E-state index contributed by atoms with van der Waals surface area (Å²) in [5, 5.41) is 14.8. The fraction of sp³-hybridized carbons (Fsp3) is 0.500. The van der Waals surface area contributed by atoms with E-state index in [-0.39, 0.29) is 11.2 Å². The fourth-order valence-electron chi connectivity index (χ4n) is 2.92. The minimum atomic E-state index is -0.127. The minimum Gasteiger partial charge on any atom is -0.357 e. The first kappa shape index (κ1) is 17.4. The van der Waals surface area contributed by atoms with Gasteiger partial charge in [-0.05, 0) is 38.3 Å². The Hall–Kier alpha value is -2.44. The van der Waals surface area contributed by atoms with Crippen molar-refractivity contribution in [2.45, 2.75) is 38.6 Å². The Balaban J connectivity index is 1.67. The van der Waals surface area contributed by atoms with Gasteiger partial charge in [0.2, 0.25) is 0 Å². The van der Waals surface area contributed by atoms with Crippen molar-refractivity contribution in [1.29, 1.82) is 0 Å². The molecule has 134 valence electrons. The molecule has 1 heterocycles. The van der Waals surface area contributed by atoms with Crippen LogP contribution in [0.5, 0.6) is 0 Å². The predicted octanol–water partition coefficient (Wildman–Crippen LogP) is 2.05. The maximum Gasteiger partial charge on any atom is 0.191 e. The average Bonchev–Trinajstić information content (AvgIpc) is 3.33. The summed E-state index contributed by atoms with van der Waals surface area (Å²) in [6.45, 7) is 5.80. The summed E-state index contributed by atoms with van der Waals surface area (Å²) in [5.74, 6) is 2.26. The summed E-state index contributed by atoms with van der Waals surface area (Å²) >= 11 is 0. The Morgan fingerprint density at radius 2 is 2.04 bits per heavy atom. The van der Waals surface area contributed by atoms with Crippen LogP contribution in [-0.2, 0) is 19.0 Å². The molecular weight excluding hydrogens is 319 g/mol. The van der Waals surface area contributed by atoms with Crippen LogP contribution in [0.15, 0.2) is 29.3 Å². The first-order valence-corrected chi connectivity index (χ1v) is 8.68. The van der Waals surface area contributed by atoms with Gasteiger partial charge in [-0.3, -0.25) is 0 Å². The van der Waals surface area contributed by atoms with E-state index in [1.54, 1.807) is 6.07 Å². The Bertz CT molecular complexity index is 763. The van der Waals surface area contributed by atoms with Crippen molar-refractivity contribution >= 4 is 5.96 Å². The molecule has 1 aromatic carbocycles. The van der Waals surface area contributed by atoms with Crippen LogP contribution in [0.1, 0.15) is 37.0 Å². The maximum atomic E-state index is 14.1. The molecule has 0 spiro atoms. The molecule has 0 amide bonds. The Morgan fingerprint density at radius 3 is 2.64 bits per heavy atom. The lowest BCUT2D eigenvalue weighted by atomic mass is 9.95. The average molecular weight is 344 g/mol. The van der Waals surface area contributed by atoms with Gasteiger partial charge in [0.1, 0.15) is 18.2 Å². The highest BCUT2D eigenvalue weighted by Gasteiger charge is 2.45. The lowest BCUT2D eigenvalue weighted by molar-refractivity contribution is 0.559. The fourth-order valence-corrected chi connectivity index (χ4v) is 2.92. The van der Waals surface area contributed by atoms with Gasteiger partial charge in [0.05, 0.1) is 0 Å². The van der Waals surface area contributed by atoms with E-state index in [4.69, 9.17) is 0 Å². The van der Waals surface area contributed by atoms with Crippen LogP contribution in [0.25, 0.3) is 0 Å². The standard InChI is InChI=1S/C18H25FN6/c1-4-20-17(21-11-16-24-23-13(2)25(16)3)22-12-18(9-10-18)14-7-5-6-8-15(14)19/h5-8H,4,9-12H2,1-3H3,(H2,20,21,22). The van der Waals surface area contributed by atoms with Crippen LogP contribution in [0.3, 0.4) is 0 Å². The van der Waals surface area contributed by atoms with Gasteiger partial charge >= 0.3 is 0 Å². The van der Waals surface area contributed by atoms with E-state index in [1.165, 1.54) is 6.07 Å². The van der Waals surface area contributed by atoms with Crippen LogP contribution in [-0.4, -0.2) is 33.8 Å². The number of hydrogen-bond acceptors (Lipinski definition) is 3. The largest absolute Gasteiger partial charge is 0.357 e. The number of guanidine groups is 1. The number of aryl methyl sites for hydroxylation is 1. The Kier molecular flexibility index (Phi) is 5.01. The molecule has 1 aromatic heterocycles. The molecule has 0 unspecified atom stereocenters. The van der Waals surface area contributed by atoms with Crippen LogP contribution < -0.4 is 10.6 Å². The molecule has 0 saturated heterocycles. The second-order valence-electron chi connectivity index (χ2n) is 6.53. The van der Waals surface area contributed by atoms with E-state index >= 15 is 0 Å². The normalized spacial score (nSPS) is 15.9. The molecule has 2 N–H and O–H groups in total. The summed E-state index contributed by atoms with van der Waals surface area (Å²) in [4.78, 5) is 4.58. The van der Waals surface area contributed by atoms with Gasteiger partial charge in [0.15, 0.2) is 11.8 Å². The molecule has 1 aliphatic rings. The van der Waals surface area contributed by atoms with Crippen LogP contribution in [0.2, 0.25) is 0 Å². The van der Waals surface area contributed by atoms with Gasteiger partial charge in [-0.15, -0.1) is 10.2 Å². The molecule has 1 fully saturated rings. The molecule has 0 radical (unpaired) electrons. The lowest BCUT2D eigenvalue weighted by Gasteiger charge is -2.19. The number of nitrogens with zero attached hydrogens (tertiary/aromatic N) is 4. The van der Waals surface area contributed by atoms with Crippen molar-refractivity contribution in [3.05, 3.63) is 47.3 Å². The number of benzene rings is 1. The van der Waals surface area contributed by atoms with Gasteiger partial charge in [-0.25, -0.2) is 9.38 Å². The summed E-state index contributed by atoms with van der Waals surface area (Å²) in [7, 11) is 1.93. The van der Waals surface area contributed by atoms with E-state index in [9.17, 15) is 4.39 Å². The number of halogens is 1. The highest BCUT2D eigenvalue weighted by Crippen LogP contribution is 2.48. The third-order valence-electron chi connectivity index (χ3n) is 4.80. The molecule has 25 heavy (non-hydrogen) atoms. The molecule has 0 atom stereocenters.